The number of aliphatic hydroxyl groups is 1. The molecule has 19 heavy (non-hydrogen) atoms. The van der Waals surface area contributed by atoms with E-state index >= 15 is 0 Å². The van der Waals surface area contributed by atoms with Gasteiger partial charge in [0.2, 0.25) is 0 Å². The van der Waals surface area contributed by atoms with Gasteiger partial charge in [0, 0.05) is 38.3 Å². The Morgan fingerprint density at radius 1 is 1.47 bits per heavy atom. The molecule has 1 N–H and O–H groups in total. The van der Waals surface area contributed by atoms with Gasteiger partial charge >= 0.3 is 5.97 Å². The van der Waals surface area contributed by atoms with Crippen molar-refractivity contribution in [3.8, 4) is 0 Å². The second-order valence-electron chi connectivity index (χ2n) is 4.66. The summed E-state index contributed by atoms with van der Waals surface area (Å²) in [6, 6.07) is 4.56. The minimum atomic E-state index is -0.517. The molecule has 1 fully saturated rings. The van der Waals surface area contributed by atoms with Crippen molar-refractivity contribution in [3.05, 3.63) is 34.7 Å². The molecule has 104 valence electrons. The van der Waals surface area contributed by atoms with E-state index in [1.165, 1.54) is 13.2 Å². The van der Waals surface area contributed by atoms with Crippen LogP contribution in [-0.4, -0.2) is 52.9 Å². The average Bonchev–Trinajstić information content (AvgIpc) is 2.78. The number of β-amino-alcohol motifs (C(OH)–C–C–N with tert-alkyl or cyclic N) is 1. The fourth-order valence-electron chi connectivity index (χ4n) is 2.39. The van der Waals surface area contributed by atoms with Crippen LogP contribution in [0.3, 0.4) is 0 Å². The van der Waals surface area contributed by atoms with Gasteiger partial charge in [0.05, 0.1) is 13.2 Å². The third kappa shape index (κ3) is 3.21. The van der Waals surface area contributed by atoms with E-state index in [1.54, 1.807) is 22.9 Å². The second kappa shape index (κ2) is 5.99. The third-order valence-electron chi connectivity index (χ3n) is 3.38. The maximum Gasteiger partial charge on any atom is 0.323 e. The number of aromatic nitrogens is 1. The van der Waals surface area contributed by atoms with E-state index in [0.717, 1.165) is 0 Å². The van der Waals surface area contributed by atoms with E-state index in [9.17, 15) is 14.7 Å². The molecule has 1 aromatic heterocycles. The highest BCUT2D eigenvalue weighted by atomic mass is 16.5. The predicted molar refractivity (Wildman–Crippen MR) is 68.7 cm³/mol. The highest BCUT2D eigenvalue weighted by Crippen LogP contribution is 2.18. The van der Waals surface area contributed by atoms with Crippen LogP contribution in [0.4, 0.5) is 0 Å². The minimum Gasteiger partial charge on any atom is -0.468 e. The van der Waals surface area contributed by atoms with Gasteiger partial charge in [-0.1, -0.05) is 6.07 Å². The largest absolute Gasteiger partial charge is 0.468 e. The van der Waals surface area contributed by atoms with Gasteiger partial charge in [-0.3, -0.25) is 14.5 Å². The molecule has 2 atom stereocenters. The lowest BCUT2D eigenvalue weighted by Gasteiger charge is -2.22. The maximum atomic E-state index is 11.6. The summed E-state index contributed by atoms with van der Waals surface area (Å²) in [5.41, 5.74) is -0.0723. The summed E-state index contributed by atoms with van der Waals surface area (Å²) in [6.07, 6.45) is 1.58. The molecule has 2 heterocycles. The molecule has 6 nitrogen and oxygen atoms in total. The van der Waals surface area contributed by atoms with Crippen molar-refractivity contribution in [1.82, 2.24) is 9.47 Å². The van der Waals surface area contributed by atoms with Crippen LogP contribution >= 0.6 is 0 Å². The second-order valence-corrected chi connectivity index (χ2v) is 4.66. The maximum absolute atomic E-state index is 11.6. The SMILES string of the molecule is COC(=O)C1CC(O)CN1CCn1ccccc1=O. The molecular weight excluding hydrogens is 248 g/mol. The molecule has 1 aromatic rings. The molecule has 0 aromatic carbocycles. The minimum absolute atomic E-state index is 0.0723. The van der Waals surface area contributed by atoms with Crippen LogP contribution in [0.25, 0.3) is 0 Å². The molecule has 0 radical (unpaired) electrons. The van der Waals surface area contributed by atoms with Gasteiger partial charge in [-0.05, 0) is 6.07 Å². The van der Waals surface area contributed by atoms with Crippen LogP contribution in [0.1, 0.15) is 6.42 Å². The Morgan fingerprint density at radius 2 is 2.26 bits per heavy atom. The van der Waals surface area contributed by atoms with Crippen LogP contribution in [0, 0.1) is 0 Å². The number of rotatable bonds is 4. The van der Waals surface area contributed by atoms with Crippen LogP contribution in [0.5, 0.6) is 0 Å². The summed E-state index contributed by atoms with van der Waals surface area (Å²) in [5.74, 6) is -0.336. The molecule has 0 amide bonds. The number of carbonyl (C=O) groups excluding carboxylic acids is 1. The van der Waals surface area contributed by atoms with Gasteiger partial charge in [-0.15, -0.1) is 0 Å². The van der Waals surface area contributed by atoms with Crippen molar-refractivity contribution < 1.29 is 14.6 Å². The molecule has 1 saturated heterocycles. The summed E-state index contributed by atoms with van der Waals surface area (Å²) in [7, 11) is 1.34. The van der Waals surface area contributed by atoms with Gasteiger partial charge in [0.1, 0.15) is 6.04 Å². The molecule has 2 unspecified atom stereocenters. The molecular formula is C13H18N2O4. The topological polar surface area (TPSA) is 71.8 Å². The number of hydrogen-bond donors (Lipinski definition) is 1. The van der Waals surface area contributed by atoms with Gasteiger partial charge in [0.25, 0.3) is 5.56 Å². The first-order valence-electron chi connectivity index (χ1n) is 6.27. The number of carbonyl (C=O) groups is 1. The molecule has 2 rings (SSSR count). The predicted octanol–water partition coefficient (Wildman–Crippen LogP) is -0.544. The van der Waals surface area contributed by atoms with Gasteiger partial charge < -0.3 is 14.4 Å². The fourth-order valence-corrected chi connectivity index (χ4v) is 2.39. The number of aliphatic hydroxyl groups excluding tert-OH is 1. The monoisotopic (exact) mass is 266 g/mol. The van der Waals surface area contributed by atoms with E-state index in [-0.39, 0.29) is 11.5 Å². The number of ether oxygens (including phenoxy) is 1. The Bertz CT molecular complexity index is 499. The molecule has 1 aliphatic heterocycles. The van der Waals surface area contributed by atoms with Gasteiger partial charge in [0.15, 0.2) is 0 Å². The first-order valence-corrected chi connectivity index (χ1v) is 6.27. The van der Waals surface area contributed by atoms with E-state index in [4.69, 9.17) is 4.74 Å². The molecule has 6 heteroatoms. The number of likely N-dealkylation sites (tertiary alicyclic amines) is 1. The van der Waals surface area contributed by atoms with Crippen molar-refractivity contribution in [1.29, 1.82) is 0 Å². The van der Waals surface area contributed by atoms with E-state index in [2.05, 4.69) is 0 Å². The van der Waals surface area contributed by atoms with E-state index in [1.807, 2.05) is 4.90 Å². The summed E-state index contributed by atoms with van der Waals surface area (Å²) in [6.45, 7) is 1.45. The molecule has 0 bridgehead atoms. The fraction of sp³-hybridized carbons (Fsp3) is 0.538. The van der Waals surface area contributed by atoms with Crippen molar-refractivity contribution >= 4 is 5.97 Å². The van der Waals surface area contributed by atoms with Crippen molar-refractivity contribution in [2.45, 2.75) is 25.1 Å². The summed E-state index contributed by atoms with van der Waals surface area (Å²) in [5, 5.41) is 9.65. The number of pyridine rings is 1. The molecule has 0 aliphatic carbocycles. The summed E-state index contributed by atoms with van der Waals surface area (Å²) in [4.78, 5) is 25.0. The van der Waals surface area contributed by atoms with Gasteiger partial charge in [-0.25, -0.2) is 0 Å². The molecule has 0 saturated carbocycles. The Kier molecular flexibility index (Phi) is 4.34. The zero-order valence-corrected chi connectivity index (χ0v) is 10.9. The zero-order valence-electron chi connectivity index (χ0n) is 10.9. The molecule has 1 aliphatic rings. The number of hydrogen-bond acceptors (Lipinski definition) is 5. The lowest BCUT2D eigenvalue weighted by molar-refractivity contribution is -0.145. The van der Waals surface area contributed by atoms with Crippen LogP contribution in [0.15, 0.2) is 29.2 Å². The standard InChI is InChI=1S/C13H18N2O4/c1-19-13(18)11-8-10(16)9-15(11)7-6-14-5-3-2-4-12(14)17/h2-5,10-11,16H,6-9H2,1H3. The van der Waals surface area contributed by atoms with Crippen LogP contribution in [-0.2, 0) is 16.1 Å². The normalized spacial score (nSPS) is 23.5. The number of esters is 1. The first-order chi connectivity index (χ1) is 9.11. The van der Waals surface area contributed by atoms with E-state index < -0.39 is 12.1 Å². The van der Waals surface area contributed by atoms with Crippen molar-refractivity contribution in [2.24, 2.45) is 0 Å². The van der Waals surface area contributed by atoms with Crippen LogP contribution in [0.2, 0.25) is 0 Å². The Labute approximate surface area is 111 Å². The number of methoxy groups -OCH3 is 1. The van der Waals surface area contributed by atoms with Gasteiger partial charge in [-0.2, -0.15) is 0 Å². The van der Waals surface area contributed by atoms with Crippen molar-refractivity contribution in [3.63, 3.8) is 0 Å². The Hall–Kier alpha value is -1.66. The van der Waals surface area contributed by atoms with Crippen LogP contribution < -0.4 is 5.56 Å². The smallest absolute Gasteiger partial charge is 0.323 e. The quantitative estimate of drug-likeness (QED) is 0.741. The third-order valence-corrected chi connectivity index (χ3v) is 3.38. The summed E-state index contributed by atoms with van der Waals surface area (Å²) >= 11 is 0. The van der Waals surface area contributed by atoms with E-state index in [0.29, 0.717) is 26.1 Å². The summed E-state index contributed by atoms with van der Waals surface area (Å²) < 4.78 is 6.31. The Balaban J connectivity index is 2.00. The zero-order chi connectivity index (χ0) is 13.8. The molecule has 0 spiro atoms. The first kappa shape index (κ1) is 13.8. The Morgan fingerprint density at radius 3 is 2.95 bits per heavy atom. The number of nitrogens with zero attached hydrogens (tertiary/aromatic N) is 2. The highest BCUT2D eigenvalue weighted by molar-refractivity contribution is 5.76. The lowest BCUT2D eigenvalue weighted by Crippen LogP contribution is -2.39. The highest BCUT2D eigenvalue weighted by Gasteiger charge is 2.36. The van der Waals surface area contributed by atoms with Crippen molar-refractivity contribution in [2.75, 3.05) is 20.2 Å². The lowest BCUT2D eigenvalue weighted by atomic mass is 10.2. The average molecular weight is 266 g/mol.